The molecule has 0 saturated heterocycles. The Labute approximate surface area is 184 Å². The van der Waals surface area contributed by atoms with Gasteiger partial charge in [-0.05, 0) is 73.9 Å². The van der Waals surface area contributed by atoms with Crippen LogP contribution in [0.5, 0.6) is 0 Å². The maximum absolute atomic E-state index is 5.06. The van der Waals surface area contributed by atoms with Gasteiger partial charge in [-0.15, -0.1) is 0 Å². The minimum atomic E-state index is 0.970. The number of rotatable bonds is 14. The van der Waals surface area contributed by atoms with E-state index in [1.807, 2.05) is 36.5 Å². The maximum atomic E-state index is 5.06. The highest BCUT2D eigenvalue weighted by Gasteiger charge is 2.04. The van der Waals surface area contributed by atoms with E-state index in [2.05, 4.69) is 44.0 Å². The van der Waals surface area contributed by atoms with E-state index in [0.29, 0.717) is 0 Å². The summed E-state index contributed by atoms with van der Waals surface area (Å²) in [5.41, 5.74) is 6.03. The van der Waals surface area contributed by atoms with Crippen molar-refractivity contribution in [3.8, 4) is 0 Å². The lowest BCUT2D eigenvalue weighted by atomic mass is 10.00. The molecule has 2 rings (SSSR count). The molecule has 0 N–H and O–H groups in total. The summed E-state index contributed by atoms with van der Waals surface area (Å²) in [6.45, 7) is 6.76. The minimum Gasteiger partial charge on any atom is -0.255 e. The Morgan fingerprint density at radius 2 is 1.30 bits per heavy atom. The Hall–Kier alpha value is -2.22. The maximum Gasteiger partial charge on any atom is 0.0639 e. The molecule has 0 unspecified atom stereocenters. The molecule has 0 fully saturated rings. The quantitative estimate of drug-likeness (QED) is 0.222. The van der Waals surface area contributed by atoms with Gasteiger partial charge in [0, 0.05) is 6.21 Å². The molecular formula is C28H40N2. The molecule has 162 valence electrons. The normalized spacial score (nSPS) is 12.0. The lowest BCUT2D eigenvalue weighted by Crippen LogP contribution is -2.00. The van der Waals surface area contributed by atoms with Crippen molar-refractivity contribution in [2.75, 3.05) is 0 Å². The van der Waals surface area contributed by atoms with E-state index in [9.17, 15) is 0 Å². The standard InChI is InChI=1S/C28H40N2/c1-4-7-11-15-24-20-25(16-12-8-5-2)22-28(21-24)30-27(17-9-6-3)23-29-26-18-13-10-14-19-26/h10,13-14,18-23H,4-9,11-12,15-17H2,1-3H3. The van der Waals surface area contributed by atoms with Gasteiger partial charge in [0.15, 0.2) is 0 Å². The van der Waals surface area contributed by atoms with Gasteiger partial charge >= 0.3 is 0 Å². The smallest absolute Gasteiger partial charge is 0.0639 e. The molecule has 0 spiro atoms. The van der Waals surface area contributed by atoms with Gasteiger partial charge < -0.3 is 0 Å². The third-order valence-corrected chi connectivity index (χ3v) is 5.35. The highest BCUT2D eigenvalue weighted by Crippen LogP contribution is 2.22. The fourth-order valence-corrected chi connectivity index (χ4v) is 3.59. The molecule has 0 bridgehead atoms. The predicted octanol–water partition coefficient (Wildman–Crippen LogP) is 8.82. The van der Waals surface area contributed by atoms with Crippen molar-refractivity contribution >= 4 is 23.3 Å². The third-order valence-electron chi connectivity index (χ3n) is 5.35. The predicted molar refractivity (Wildman–Crippen MR) is 134 cm³/mol. The van der Waals surface area contributed by atoms with Gasteiger partial charge in [-0.25, -0.2) is 0 Å². The molecule has 30 heavy (non-hydrogen) atoms. The van der Waals surface area contributed by atoms with E-state index in [1.54, 1.807) is 0 Å². The first kappa shape index (κ1) is 24.1. The van der Waals surface area contributed by atoms with E-state index < -0.39 is 0 Å². The zero-order valence-corrected chi connectivity index (χ0v) is 19.4. The summed E-state index contributed by atoms with van der Waals surface area (Å²) in [5.74, 6) is 0. The average Bonchev–Trinajstić information content (AvgIpc) is 2.77. The van der Waals surface area contributed by atoms with Crippen LogP contribution in [0.2, 0.25) is 0 Å². The molecule has 0 radical (unpaired) electrons. The molecular weight excluding hydrogens is 364 g/mol. The van der Waals surface area contributed by atoms with Crippen molar-refractivity contribution in [3.05, 3.63) is 59.7 Å². The van der Waals surface area contributed by atoms with E-state index in [0.717, 1.165) is 49.2 Å². The second kappa shape index (κ2) is 14.7. The summed E-state index contributed by atoms with van der Waals surface area (Å²) in [7, 11) is 0. The topological polar surface area (TPSA) is 24.7 Å². The van der Waals surface area contributed by atoms with Crippen LogP contribution in [0.3, 0.4) is 0 Å². The molecule has 2 aromatic carbocycles. The van der Waals surface area contributed by atoms with Crippen LogP contribution in [-0.4, -0.2) is 11.9 Å². The number of hydrogen-bond donors (Lipinski definition) is 0. The number of unbranched alkanes of at least 4 members (excludes halogenated alkanes) is 5. The van der Waals surface area contributed by atoms with E-state index in [4.69, 9.17) is 4.99 Å². The van der Waals surface area contributed by atoms with Crippen LogP contribution >= 0.6 is 0 Å². The Kier molecular flexibility index (Phi) is 11.8. The van der Waals surface area contributed by atoms with Crippen LogP contribution in [0.4, 0.5) is 11.4 Å². The molecule has 2 heteroatoms. The van der Waals surface area contributed by atoms with E-state index in [-0.39, 0.29) is 0 Å². The molecule has 0 aliphatic carbocycles. The number of hydrogen-bond acceptors (Lipinski definition) is 2. The third kappa shape index (κ3) is 9.52. The van der Waals surface area contributed by atoms with Gasteiger partial charge in [0.1, 0.15) is 0 Å². The second-order valence-electron chi connectivity index (χ2n) is 8.22. The number of nitrogens with zero attached hydrogens (tertiary/aromatic N) is 2. The SMILES string of the molecule is CCCCCc1cc(CCCCC)cc(N=C(C=Nc2ccccc2)CCCC)c1. The van der Waals surface area contributed by atoms with Crippen LogP contribution < -0.4 is 0 Å². The van der Waals surface area contributed by atoms with Gasteiger partial charge in [-0.1, -0.05) is 77.1 Å². The van der Waals surface area contributed by atoms with Crippen LogP contribution in [0, 0.1) is 0 Å². The van der Waals surface area contributed by atoms with Crippen LogP contribution in [-0.2, 0) is 12.8 Å². The van der Waals surface area contributed by atoms with Gasteiger partial charge in [0.05, 0.1) is 17.1 Å². The minimum absolute atomic E-state index is 0.970. The van der Waals surface area contributed by atoms with Crippen LogP contribution in [0.25, 0.3) is 0 Å². The summed E-state index contributed by atoms with van der Waals surface area (Å²) < 4.78 is 0. The highest BCUT2D eigenvalue weighted by molar-refractivity contribution is 6.31. The fraction of sp³-hybridized carbons (Fsp3) is 0.500. The van der Waals surface area contributed by atoms with Crippen molar-refractivity contribution in [2.24, 2.45) is 9.98 Å². The van der Waals surface area contributed by atoms with E-state index in [1.165, 1.54) is 49.7 Å². The van der Waals surface area contributed by atoms with Crippen LogP contribution in [0.1, 0.15) is 89.7 Å². The Balaban J connectivity index is 2.26. The zero-order chi connectivity index (χ0) is 21.4. The molecule has 2 aromatic rings. The van der Waals surface area contributed by atoms with Gasteiger partial charge in [0.25, 0.3) is 0 Å². The fourth-order valence-electron chi connectivity index (χ4n) is 3.59. The molecule has 0 aliphatic heterocycles. The van der Waals surface area contributed by atoms with E-state index >= 15 is 0 Å². The first-order valence-corrected chi connectivity index (χ1v) is 12.0. The van der Waals surface area contributed by atoms with Gasteiger partial charge in [-0.2, -0.15) is 0 Å². The lowest BCUT2D eigenvalue weighted by Gasteiger charge is -2.09. The highest BCUT2D eigenvalue weighted by atomic mass is 14.8. The monoisotopic (exact) mass is 404 g/mol. The lowest BCUT2D eigenvalue weighted by molar-refractivity contribution is 0.709. The van der Waals surface area contributed by atoms with Crippen molar-refractivity contribution in [1.29, 1.82) is 0 Å². The summed E-state index contributed by atoms with van der Waals surface area (Å²) >= 11 is 0. The Morgan fingerprint density at radius 3 is 1.87 bits per heavy atom. The molecule has 2 nitrogen and oxygen atoms in total. The molecule has 0 heterocycles. The summed E-state index contributed by atoms with van der Waals surface area (Å²) in [6, 6.07) is 17.1. The zero-order valence-electron chi connectivity index (χ0n) is 19.4. The van der Waals surface area contributed by atoms with Crippen molar-refractivity contribution in [3.63, 3.8) is 0 Å². The van der Waals surface area contributed by atoms with Crippen molar-refractivity contribution in [2.45, 2.75) is 91.4 Å². The largest absolute Gasteiger partial charge is 0.255 e. The Bertz CT molecular complexity index is 746. The first-order chi connectivity index (χ1) is 14.7. The number of benzene rings is 2. The number of aliphatic imine (C=N–C) groups is 2. The summed E-state index contributed by atoms with van der Waals surface area (Å²) in [5, 5.41) is 0. The molecule has 0 aliphatic rings. The number of para-hydroxylation sites is 1. The van der Waals surface area contributed by atoms with Crippen LogP contribution in [0.15, 0.2) is 58.5 Å². The van der Waals surface area contributed by atoms with Crippen molar-refractivity contribution in [1.82, 2.24) is 0 Å². The number of aryl methyl sites for hydroxylation is 2. The molecule has 0 atom stereocenters. The molecule has 0 amide bonds. The van der Waals surface area contributed by atoms with Crippen molar-refractivity contribution < 1.29 is 0 Å². The second-order valence-corrected chi connectivity index (χ2v) is 8.22. The average molecular weight is 405 g/mol. The van der Waals surface area contributed by atoms with Gasteiger partial charge in [0.2, 0.25) is 0 Å². The molecule has 0 saturated carbocycles. The Morgan fingerprint density at radius 1 is 0.700 bits per heavy atom. The summed E-state index contributed by atoms with van der Waals surface area (Å²) in [6.07, 6.45) is 15.2. The summed E-state index contributed by atoms with van der Waals surface area (Å²) in [4.78, 5) is 9.72. The van der Waals surface area contributed by atoms with Gasteiger partial charge in [-0.3, -0.25) is 9.98 Å². The first-order valence-electron chi connectivity index (χ1n) is 12.0. The molecule has 0 aromatic heterocycles.